The lowest BCUT2D eigenvalue weighted by Crippen LogP contribution is -2.12. The van der Waals surface area contributed by atoms with Crippen LogP contribution in [0.2, 0.25) is 0 Å². The molecular formula is C7H5ClO5S. The van der Waals surface area contributed by atoms with E-state index >= 15 is 0 Å². The number of benzene rings is 1. The lowest BCUT2D eigenvalue weighted by atomic mass is 10.2. The summed E-state index contributed by atoms with van der Waals surface area (Å²) in [6.45, 7) is 0. The van der Waals surface area contributed by atoms with Crippen LogP contribution in [0.1, 0.15) is 10.4 Å². The first-order chi connectivity index (χ1) is 6.55. The van der Waals surface area contributed by atoms with Crippen LogP contribution in [0.4, 0.5) is 0 Å². The van der Waals surface area contributed by atoms with Crippen molar-refractivity contribution in [3.63, 3.8) is 0 Å². The topological polar surface area (TPSA) is 69.7 Å². The monoisotopic (exact) mass is 236 g/mol. The van der Waals surface area contributed by atoms with Gasteiger partial charge in [0, 0.05) is 0 Å². The van der Waals surface area contributed by atoms with Crippen molar-refractivity contribution in [2.75, 3.05) is 0 Å². The van der Waals surface area contributed by atoms with E-state index in [9.17, 15) is 13.2 Å². The van der Waals surface area contributed by atoms with Crippen LogP contribution in [0.25, 0.3) is 0 Å². The van der Waals surface area contributed by atoms with Gasteiger partial charge in [0.2, 0.25) is 0 Å². The maximum absolute atomic E-state index is 11.1. The predicted octanol–water partition coefficient (Wildman–Crippen LogP) is 1.26. The molecule has 0 N–H and O–H groups in total. The van der Waals surface area contributed by atoms with Crippen LogP contribution in [0, 0.1) is 0 Å². The van der Waals surface area contributed by atoms with Gasteiger partial charge in [-0.25, -0.2) is 4.79 Å². The SMILES string of the molecule is O=C(OS(=O)(=O)OCl)c1ccccc1. The maximum atomic E-state index is 11.1. The van der Waals surface area contributed by atoms with Crippen LogP contribution in [0.5, 0.6) is 0 Å². The highest BCUT2D eigenvalue weighted by atomic mass is 35.5. The van der Waals surface area contributed by atoms with E-state index in [4.69, 9.17) is 0 Å². The van der Waals surface area contributed by atoms with Gasteiger partial charge in [0.05, 0.1) is 17.4 Å². The Morgan fingerprint density at radius 1 is 1.21 bits per heavy atom. The molecule has 0 aromatic heterocycles. The van der Waals surface area contributed by atoms with Gasteiger partial charge in [0.25, 0.3) is 0 Å². The minimum Gasteiger partial charge on any atom is -0.319 e. The minimum absolute atomic E-state index is 0.0878. The molecule has 5 nitrogen and oxygen atoms in total. The molecule has 0 radical (unpaired) electrons. The molecule has 0 aliphatic heterocycles. The fourth-order valence-electron chi connectivity index (χ4n) is 0.728. The van der Waals surface area contributed by atoms with Crippen molar-refractivity contribution in [3.05, 3.63) is 35.9 Å². The molecule has 14 heavy (non-hydrogen) atoms. The zero-order chi connectivity index (χ0) is 10.6. The van der Waals surface area contributed by atoms with E-state index in [2.05, 4.69) is 19.8 Å². The van der Waals surface area contributed by atoms with Gasteiger partial charge in [-0.15, -0.1) is 3.74 Å². The molecule has 0 amide bonds. The highest BCUT2D eigenvalue weighted by molar-refractivity contribution is 7.83. The van der Waals surface area contributed by atoms with E-state index in [0.717, 1.165) is 0 Å². The molecule has 0 aliphatic carbocycles. The Hall–Kier alpha value is -1.11. The molecule has 1 aromatic rings. The largest absolute Gasteiger partial charge is 0.468 e. The fraction of sp³-hybridized carbons (Fsp3) is 0. The van der Waals surface area contributed by atoms with Crippen molar-refractivity contribution in [1.82, 2.24) is 0 Å². The molecule has 0 atom stereocenters. The zero-order valence-corrected chi connectivity index (χ0v) is 8.29. The summed E-state index contributed by atoms with van der Waals surface area (Å²) >= 11 is 4.56. The minimum atomic E-state index is -4.45. The third kappa shape index (κ3) is 2.99. The lowest BCUT2D eigenvalue weighted by Gasteiger charge is -2.00. The van der Waals surface area contributed by atoms with Crippen molar-refractivity contribution in [2.24, 2.45) is 0 Å². The lowest BCUT2D eigenvalue weighted by molar-refractivity contribution is 0.0731. The van der Waals surface area contributed by atoms with E-state index < -0.39 is 16.4 Å². The molecule has 0 spiro atoms. The summed E-state index contributed by atoms with van der Waals surface area (Å²) in [6, 6.07) is 7.58. The smallest absolute Gasteiger partial charge is 0.319 e. The number of carbonyl (C=O) groups excluding carboxylic acids is 1. The summed E-state index contributed by atoms with van der Waals surface area (Å²) < 4.78 is 28.6. The van der Waals surface area contributed by atoms with Gasteiger partial charge in [-0.05, 0) is 12.1 Å². The molecule has 0 bridgehead atoms. The third-order valence-electron chi connectivity index (χ3n) is 1.26. The summed E-state index contributed by atoms with van der Waals surface area (Å²) in [4.78, 5) is 11.1. The van der Waals surface area contributed by atoms with E-state index in [1.165, 1.54) is 12.1 Å². The van der Waals surface area contributed by atoms with Crippen LogP contribution in [-0.2, 0) is 18.3 Å². The van der Waals surface area contributed by atoms with E-state index in [0.29, 0.717) is 0 Å². The first-order valence-electron chi connectivity index (χ1n) is 3.39. The zero-order valence-electron chi connectivity index (χ0n) is 6.71. The summed E-state index contributed by atoms with van der Waals surface area (Å²) in [5, 5.41) is 0. The van der Waals surface area contributed by atoms with Crippen molar-refractivity contribution in [3.8, 4) is 0 Å². The number of rotatable bonds is 3. The second-order valence-corrected chi connectivity index (χ2v) is 3.70. The molecule has 0 heterocycles. The molecule has 1 aromatic carbocycles. The molecule has 7 heteroatoms. The van der Waals surface area contributed by atoms with Crippen LogP contribution in [-0.4, -0.2) is 14.4 Å². The Morgan fingerprint density at radius 2 is 1.79 bits per heavy atom. The Labute approximate surface area is 85.7 Å². The quantitative estimate of drug-likeness (QED) is 0.790. The van der Waals surface area contributed by atoms with Gasteiger partial charge in [0.15, 0.2) is 0 Å². The average Bonchev–Trinajstić information content (AvgIpc) is 2.19. The molecule has 0 fully saturated rings. The Bertz CT molecular complexity index is 413. The third-order valence-corrected chi connectivity index (χ3v) is 2.24. The van der Waals surface area contributed by atoms with Gasteiger partial charge in [-0.1, -0.05) is 18.2 Å². The van der Waals surface area contributed by atoms with Crippen molar-refractivity contribution in [1.29, 1.82) is 0 Å². The van der Waals surface area contributed by atoms with Crippen molar-refractivity contribution < 1.29 is 21.1 Å². The van der Waals surface area contributed by atoms with Crippen molar-refractivity contribution in [2.45, 2.75) is 0 Å². The molecule has 0 aliphatic rings. The van der Waals surface area contributed by atoms with E-state index in [1.807, 2.05) is 0 Å². The van der Waals surface area contributed by atoms with Crippen LogP contribution < -0.4 is 0 Å². The fourth-order valence-corrected chi connectivity index (χ4v) is 1.11. The Balaban J connectivity index is 2.79. The van der Waals surface area contributed by atoms with Crippen LogP contribution in [0.3, 0.4) is 0 Å². The number of hydrogen-bond acceptors (Lipinski definition) is 5. The first-order valence-corrected chi connectivity index (χ1v) is 5.03. The van der Waals surface area contributed by atoms with Gasteiger partial charge in [-0.2, -0.15) is 8.42 Å². The number of hydrogen-bond donors (Lipinski definition) is 0. The second kappa shape index (κ2) is 4.41. The summed E-state index contributed by atoms with van der Waals surface area (Å²) in [7, 11) is -4.45. The van der Waals surface area contributed by atoms with Crippen LogP contribution in [0.15, 0.2) is 30.3 Å². The molecular weight excluding hydrogens is 232 g/mol. The summed E-state index contributed by atoms with van der Waals surface area (Å²) in [5.41, 5.74) is 0.0878. The first kappa shape index (κ1) is 11.0. The molecule has 0 unspecified atom stereocenters. The summed E-state index contributed by atoms with van der Waals surface area (Å²) in [6.07, 6.45) is 0. The highest BCUT2D eigenvalue weighted by Gasteiger charge is 2.18. The average molecular weight is 237 g/mol. The molecule has 76 valence electrons. The van der Waals surface area contributed by atoms with E-state index in [-0.39, 0.29) is 5.56 Å². The Morgan fingerprint density at radius 3 is 2.29 bits per heavy atom. The maximum Gasteiger partial charge on any atom is 0.468 e. The Kier molecular flexibility index (Phi) is 3.45. The van der Waals surface area contributed by atoms with Crippen molar-refractivity contribution >= 4 is 28.2 Å². The van der Waals surface area contributed by atoms with E-state index in [1.54, 1.807) is 18.2 Å². The van der Waals surface area contributed by atoms with Crippen LogP contribution >= 0.6 is 11.9 Å². The summed E-state index contributed by atoms with van der Waals surface area (Å²) in [5.74, 6) is -1.05. The van der Waals surface area contributed by atoms with Gasteiger partial charge in [0.1, 0.15) is 0 Å². The standard InChI is InChI=1S/C7H5ClO5S/c8-13-14(10,11)12-7(9)6-4-2-1-3-5-6/h1-5H. The molecule has 1 rings (SSSR count). The normalized spacial score (nSPS) is 10.9. The highest BCUT2D eigenvalue weighted by Crippen LogP contribution is 2.06. The molecule has 0 saturated heterocycles. The van der Waals surface area contributed by atoms with Gasteiger partial charge in [-0.3, -0.25) is 0 Å². The predicted molar refractivity (Wildman–Crippen MR) is 47.7 cm³/mol. The molecule has 0 saturated carbocycles. The van der Waals surface area contributed by atoms with Gasteiger partial charge >= 0.3 is 16.4 Å². The number of halogens is 1. The second-order valence-electron chi connectivity index (χ2n) is 2.21. The van der Waals surface area contributed by atoms with Gasteiger partial charge < -0.3 is 4.18 Å². The number of carbonyl (C=O) groups is 1.